The van der Waals surface area contributed by atoms with E-state index in [1.54, 1.807) is 12.1 Å². The number of phenols is 2. The van der Waals surface area contributed by atoms with Crippen LogP contribution in [0.25, 0.3) is 22.3 Å². The van der Waals surface area contributed by atoms with Crippen molar-refractivity contribution >= 4 is 23.5 Å². The van der Waals surface area contributed by atoms with Gasteiger partial charge in [0.1, 0.15) is 11.5 Å². The number of rotatable bonds is 8. The monoisotopic (exact) mass is 924 g/mol. The standard InChI is InChI=1S/C46H48F12O2S2/c1-41(2,3)29-17-27(39(59)35(21-29)25-13-31(43(47,48)49)19-32(14-25)44(50,51)52)23-61-37-11-9-7-8-10-12-38(37)62-24-28-18-30(42(4,5)6)22-36(40(28)60)26-15-33(45(53,54)55)20-34(16-26)46(56,57)58/h13-22,37-38,59-60H,7-12,23-24H2,1-6H3/t37-,38?/m0/s1. The first-order valence-electron chi connectivity index (χ1n) is 19.9. The van der Waals surface area contributed by atoms with Crippen LogP contribution >= 0.6 is 23.5 Å². The van der Waals surface area contributed by atoms with Gasteiger partial charge >= 0.3 is 24.7 Å². The maximum absolute atomic E-state index is 13.9. The van der Waals surface area contributed by atoms with Gasteiger partial charge in [-0.3, -0.25) is 0 Å². The van der Waals surface area contributed by atoms with Gasteiger partial charge in [-0.25, -0.2) is 0 Å². The molecule has 0 bridgehead atoms. The smallest absolute Gasteiger partial charge is 0.416 e. The number of thioether (sulfide) groups is 2. The summed E-state index contributed by atoms with van der Waals surface area (Å²) < 4.78 is 166. The zero-order valence-corrected chi connectivity index (χ0v) is 36.5. The molecule has 4 aromatic carbocycles. The third kappa shape index (κ3) is 12.1. The van der Waals surface area contributed by atoms with Crippen LogP contribution in [0.4, 0.5) is 52.7 Å². The second-order valence-corrected chi connectivity index (χ2v) is 20.3. The summed E-state index contributed by atoms with van der Waals surface area (Å²) in [6.45, 7) is 11.0. The van der Waals surface area contributed by atoms with E-state index >= 15 is 0 Å². The highest BCUT2D eigenvalue weighted by molar-refractivity contribution is 8.03. The van der Waals surface area contributed by atoms with E-state index in [4.69, 9.17) is 0 Å². The molecule has 0 radical (unpaired) electrons. The molecule has 0 amide bonds. The molecule has 16 heteroatoms. The number of alkyl halides is 12. The maximum atomic E-state index is 13.9. The van der Waals surface area contributed by atoms with Crippen molar-refractivity contribution in [1.82, 2.24) is 0 Å². The summed E-state index contributed by atoms with van der Waals surface area (Å²) in [6, 6.07) is 8.64. The SMILES string of the molecule is CC(C)(C)c1cc(CSC2CCCCCC[C@@H]2SCc2cc(C(C)(C)C)cc(-c3cc(C(F)(F)F)cc(C(F)(F)F)c3)c2O)c(O)c(-c2cc(C(F)(F)F)cc(C(F)(F)F)c2)c1. The molecule has 1 aliphatic carbocycles. The van der Waals surface area contributed by atoms with Gasteiger partial charge in [-0.05, 0) is 94.5 Å². The van der Waals surface area contributed by atoms with Gasteiger partial charge in [-0.2, -0.15) is 76.2 Å². The van der Waals surface area contributed by atoms with Crippen LogP contribution < -0.4 is 0 Å². The van der Waals surface area contributed by atoms with Crippen LogP contribution in [0.1, 0.15) is 125 Å². The van der Waals surface area contributed by atoms with Crippen LogP contribution in [-0.2, 0) is 47.0 Å². The van der Waals surface area contributed by atoms with Crippen molar-refractivity contribution in [3.05, 3.63) is 105 Å². The molecule has 2 N–H and O–H groups in total. The van der Waals surface area contributed by atoms with E-state index in [2.05, 4.69) is 0 Å². The molecule has 1 fully saturated rings. The van der Waals surface area contributed by atoms with E-state index in [0.29, 0.717) is 59.4 Å². The summed E-state index contributed by atoms with van der Waals surface area (Å²) in [5.41, 5.74) is -6.78. The highest BCUT2D eigenvalue weighted by Gasteiger charge is 2.39. The number of halogens is 12. The average Bonchev–Trinajstić information content (AvgIpc) is 3.12. The van der Waals surface area contributed by atoms with Crippen LogP contribution in [-0.4, -0.2) is 20.7 Å². The molecule has 0 aromatic heterocycles. The van der Waals surface area contributed by atoms with Gasteiger partial charge in [0, 0.05) is 44.3 Å². The van der Waals surface area contributed by atoms with Crippen LogP contribution in [0.5, 0.6) is 11.5 Å². The van der Waals surface area contributed by atoms with Crippen molar-refractivity contribution in [1.29, 1.82) is 0 Å². The van der Waals surface area contributed by atoms with Gasteiger partial charge in [0.15, 0.2) is 0 Å². The Bertz CT molecular complexity index is 2000. The van der Waals surface area contributed by atoms with Crippen LogP contribution in [0, 0.1) is 0 Å². The van der Waals surface area contributed by atoms with Crippen molar-refractivity contribution in [2.75, 3.05) is 0 Å². The van der Waals surface area contributed by atoms with Gasteiger partial charge in [-0.1, -0.05) is 79.4 Å². The molecule has 0 aliphatic heterocycles. The fraction of sp³-hybridized carbons (Fsp3) is 0.478. The Labute approximate surface area is 361 Å². The Kier molecular flexibility index (Phi) is 14.4. The maximum Gasteiger partial charge on any atom is 0.416 e. The number of hydrogen-bond acceptors (Lipinski definition) is 4. The quantitative estimate of drug-likeness (QED) is 0.173. The van der Waals surface area contributed by atoms with E-state index in [-0.39, 0.29) is 45.3 Å². The predicted octanol–water partition coefficient (Wildman–Crippen LogP) is 16.4. The average molecular weight is 925 g/mol. The van der Waals surface area contributed by atoms with Gasteiger partial charge < -0.3 is 10.2 Å². The van der Waals surface area contributed by atoms with E-state index in [0.717, 1.165) is 25.7 Å². The molecule has 4 aromatic rings. The van der Waals surface area contributed by atoms with Gasteiger partial charge in [0.05, 0.1) is 22.3 Å². The van der Waals surface area contributed by atoms with E-state index in [1.807, 2.05) is 41.5 Å². The molecule has 62 heavy (non-hydrogen) atoms. The molecule has 1 aliphatic rings. The minimum Gasteiger partial charge on any atom is -0.507 e. The predicted molar refractivity (Wildman–Crippen MR) is 222 cm³/mol. The Morgan fingerprint density at radius 1 is 0.419 bits per heavy atom. The van der Waals surface area contributed by atoms with Crippen LogP contribution in [0.2, 0.25) is 0 Å². The van der Waals surface area contributed by atoms with Crippen LogP contribution in [0.15, 0.2) is 60.7 Å². The molecule has 5 rings (SSSR count). The molecule has 2 atom stereocenters. The Morgan fingerprint density at radius 2 is 0.710 bits per heavy atom. The number of aromatic hydroxyl groups is 2. The molecule has 2 nitrogen and oxygen atoms in total. The fourth-order valence-corrected chi connectivity index (χ4v) is 10.4. The highest BCUT2D eigenvalue weighted by Crippen LogP contribution is 2.47. The summed E-state index contributed by atoms with van der Waals surface area (Å²) in [4.78, 5) is 0. The first-order valence-corrected chi connectivity index (χ1v) is 22.0. The molecular formula is C46H48F12O2S2. The largest absolute Gasteiger partial charge is 0.507 e. The topological polar surface area (TPSA) is 40.5 Å². The highest BCUT2D eigenvalue weighted by atomic mass is 32.2. The lowest BCUT2D eigenvalue weighted by Crippen LogP contribution is -2.22. The molecule has 0 heterocycles. The first kappa shape index (κ1) is 49.4. The van der Waals surface area contributed by atoms with Gasteiger partial charge in [0.25, 0.3) is 0 Å². The van der Waals surface area contributed by atoms with Crippen molar-refractivity contribution in [2.24, 2.45) is 0 Å². The molecule has 0 saturated heterocycles. The van der Waals surface area contributed by atoms with E-state index in [1.165, 1.54) is 35.7 Å². The lowest BCUT2D eigenvalue weighted by atomic mass is 9.83. The zero-order chi connectivity index (χ0) is 46.4. The number of phenolic OH excluding ortho intramolecular Hbond substituents is 2. The second-order valence-electron chi connectivity index (χ2n) is 17.8. The summed E-state index contributed by atoms with van der Waals surface area (Å²) in [7, 11) is 0. The lowest BCUT2D eigenvalue weighted by Gasteiger charge is -2.30. The Morgan fingerprint density at radius 3 is 0.968 bits per heavy atom. The van der Waals surface area contributed by atoms with Crippen molar-refractivity contribution in [2.45, 2.75) is 138 Å². The fourth-order valence-electron chi connectivity index (χ4n) is 7.33. The molecule has 340 valence electrons. The molecule has 0 spiro atoms. The Hall–Kier alpha value is -3.66. The van der Waals surface area contributed by atoms with Gasteiger partial charge in [0.2, 0.25) is 0 Å². The van der Waals surface area contributed by atoms with Crippen molar-refractivity contribution in [3.63, 3.8) is 0 Å². The normalized spacial score (nSPS) is 17.5. The molecule has 1 unspecified atom stereocenters. The number of benzene rings is 4. The zero-order valence-electron chi connectivity index (χ0n) is 34.8. The summed E-state index contributed by atoms with van der Waals surface area (Å²) >= 11 is 2.94. The molecular weight excluding hydrogens is 877 g/mol. The minimum absolute atomic E-state index is 0.0340. The summed E-state index contributed by atoms with van der Waals surface area (Å²) in [5.74, 6) is -0.622. The Balaban J connectivity index is 1.52. The van der Waals surface area contributed by atoms with E-state index in [9.17, 15) is 62.9 Å². The third-order valence-corrected chi connectivity index (χ3v) is 14.1. The van der Waals surface area contributed by atoms with Gasteiger partial charge in [-0.15, -0.1) is 0 Å². The third-order valence-electron chi connectivity index (χ3n) is 11.0. The summed E-state index contributed by atoms with van der Waals surface area (Å²) in [5, 5.41) is 23.0. The van der Waals surface area contributed by atoms with Crippen molar-refractivity contribution < 1.29 is 62.9 Å². The second kappa shape index (κ2) is 18.1. The van der Waals surface area contributed by atoms with Crippen molar-refractivity contribution in [3.8, 4) is 33.8 Å². The van der Waals surface area contributed by atoms with E-state index < -0.39 is 80.4 Å². The summed E-state index contributed by atoms with van der Waals surface area (Å²) in [6.07, 6.45) is -15.4. The first-order chi connectivity index (χ1) is 28.3. The number of hydrogen-bond donors (Lipinski definition) is 2. The lowest BCUT2D eigenvalue weighted by molar-refractivity contribution is -0.144. The minimum atomic E-state index is -5.10. The molecule has 1 saturated carbocycles. The van der Waals surface area contributed by atoms with Crippen LogP contribution in [0.3, 0.4) is 0 Å².